The predicted octanol–water partition coefficient (Wildman–Crippen LogP) is 2.57. The zero-order valence-corrected chi connectivity index (χ0v) is 12.0. The Labute approximate surface area is 116 Å². The van der Waals surface area contributed by atoms with Crippen LogP contribution in [0.3, 0.4) is 0 Å². The van der Waals surface area contributed by atoms with E-state index in [0.717, 1.165) is 19.4 Å². The summed E-state index contributed by atoms with van der Waals surface area (Å²) in [6, 6.07) is 7.12. The Hall–Kier alpha value is -1.07. The molecule has 1 N–H and O–H groups in total. The van der Waals surface area contributed by atoms with Crippen LogP contribution in [0.4, 0.5) is 0 Å². The van der Waals surface area contributed by atoms with Gasteiger partial charge in [-0.05, 0) is 47.0 Å². The van der Waals surface area contributed by atoms with Crippen molar-refractivity contribution in [2.75, 3.05) is 25.8 Å². The van der Waals surface area contributed by atoms with Gasteiger partial charge in [-0.1, -0.05) is 6.07 Å². The molecule has 0 saturated carbocycles. The molecular formula is C13H18BrNO3. The molecule has 0 unspecified atom stereocenters. The van der Waals surface area contributed by atoms with E-state index in [1.54, 1.807) is 25.3 Å². The van der Waals surface area contributed by atoms with Gasteiger partial charge in [0.05, 0.1) is 0 Å². The van der Waals surface area contributed by atoms with Crippen molar-refractivity contribution in [2.24, 2.45) is 0 Å². The van der Waals surface area contributed by atoms with Gasteiger partial charge in [-0.2, -0.15) is 0 Å². The first kappa shape index (κ1) is 15.0. The molecule has 0 spiro atoms. The number of hydrogen-bond donors (Lipinski definition) is 1. The molecule has 1 amide bonds. The van der Waals surface area contributed by atoms with E-state index in [0.29, 0.717) is 23.4 Å². The molecule has 0 saturated heterocycles. The maximum absolute atomic E-state index is 11.8. The standard InChI is InChI=1S/C13H18BrNO3/c1-17-8-3-2-7-15-13(16)11-5-4-6-12(9-11)18-10-14/h4-6,9H,2-3,7-8,10H2,1H3,(H,15,16). The number of amides is 1. The Balaban J connectivity index is 2.38. The Kier molecular flexibility index (Phi) is 7.44. The minimum absolute atomic E-state index is 0.0764. The second-order valence-electron chi connectivity index (χ2n) is 3.74. The van der Waals surface area contributed by atoms with Crippen molar-refractivity contribution < 1.29 is 14.3 Å². The van der Waals surface area contributed by atoms with Crippen LogP contribution in [0.5, 0.6) is 5.75 Å². The monoisotopic (exact) mass is 315 g/mol. The van der Waals surface area contributed by atoms with Gasteiger partial charge in [-0.3, -0.25) is 4.79 Å². The molecule has 100 valence electrons. The average Bonchev–Trinajstić information content (AvgIpc) is 2.39. The van der Waals surface area contributed by atoms with Crippen LogP contribution in [-0.2, 0) is 4.74 Å². The van der Waals surface area contributed by atoms with Gasteiger partial charge in [0.25, 0.3) is 5.91 Å². The number of nitrogens with one attached hydrogen (secondary N) is 1. The summed E-state index contributed by atoms with van der Waals surface area (Å²) in [5.74, 6) is 0.603. The third-order valence-electron chi connectivity index (χ3n) is 2.38. The Bertz CT molecular complexity index is 371. The Morgan fingerprint density at radius 1 is 1.39 bits per heavy atom. The van der Waals surface area contributed by atoms with Gasteiger partial charge >= 0.3 is 0 Å². The van der Waals surface area contributed by atoms with E-state index in [-0.39, 0.29) is 5.91 Å². The maximum Gasteiger partial charge on any atom is 0.251 e. The van der Waals surface area contributed by atoms with Gasteiger partial charge < -0.3 is 14.8 Å². The van der Waals surface area contributed by atoms with Crippen LogP contribution >= 0.6 is 15.9 Å². The van der Waals surface area contributed by atoms with E-state index in [2.05, 4.69) is 21.2 Å². The molecule has 0 aliphatic rings. The molecule has 1 aromatic rings. The number of ether oxygens (including phenoxy) is 2. The Morgan fingerprint density at radius 2 is 2.22 bits per heavy atom. The van der Waals surface area contributed by atoms with Gasteiger partial charge in [-0.25, -0.2) is 0 Å². The molecule has 1 aromatic carbocycles. The first-order valence-electron chi connectivity index (χ1n) is 5.84. The van der Waals surface area contributed by atoms with E-state index in [4.69, 9.17) is 9.47 Å². The molecular weight excluding hydrogens is 298 g/mol. The van der Waals surface area contributed by atoms with E-state index in [1.165, 1.54) is 0 Å². The highest BCUT2D eigenvalue weighted by atomic mass is 79.9. The van der Waals surface area contributed by atoms with Crippen molar-refractivity contribution in [3.8, 4) is 5.75 Å². The van der Waals surface area contributed by atoms with E-state index in [1.807, 2.05) is 6.07 Å². The highest BCUT2D eigenvalue weighted by molar-refractivity contribution is 9.09. The number of methoxy groups -OCH3 is 1. The number of benzene rings is 1. The molecule has 0 radical (unpaired) electrons. The summed E-state index contributed by atoms with van der Waals surface area (Å²) >= 11 is 3.18. The number of carbonyl (C=O) groups excluding carboxylic acids is 1. The zero-order chi connectivity index (χ0) is 13.2. The lowest BCUT2D eigenvalue weighted by Gasteiger charge is -2.07. The predicted molar refractivity (Wildman–Crippen MR) is 74.3 cm³/mol. The minimum atomic E-state index is -0.0764. The first-order chi connectivity index (χ1) is 8.77. The number of halogens is 1. The third-order valence-corrected chi connectivity index (χ3v) is 2.61. The van der Waals surface area contributed by atoms with Crippen LogP contribution in [0.2, 0.25) is 0 Å². The lowest BCUT2D eigenvalue weighted by atomic mass is 10.2. The molecule has 0 bridgehead atoms. The molecule has 0 aromatic heterocycles. The molecule has 0 atom stereocenters. The lowest BCUT2D eigenvalue weighted by Crippen LogP contribution is -2.24. The minimum Gasteiger partial charge on any atom is -0.482 e. The highest BCUT2D eigenvalue weighted by Crippen LogP contribution is 2.13. The van der Waals surface area contributed by atoms with Crippen molar-refractivity contribution in [1.82, 2.24) is 5.32 Å². The molecule has 4 nitrogen and oxygen atoms in total. The smallest absolute Gasteiger partial charge is 0.251 e. The number of alkyl halides is 1. The molecule has 1 rings (SSSR count). The normalized spacial score (nSPS) is 10.1. The summed E-state index contributed by atoms with van der Waals surface area (Å²) in [6.45, 7) is 1.39. The molecule has 0 aliphatic heterocycles. The number of carbonyl (C=O) groups is 1. The van der Waals surface area contributed by atoms with Gasteiger partial charge in [0.15, 0.2) is 0 Å². The topological polar surface area (TPSA) is 47.6 Å². The van der Waals surface area contributed by atoms with Crippen molar-refractivity contribution in [3.05, 3.63) is 29.8 Å². The lowest BCUT2D eigenvalue weighted by molar-refractivity contribution is 0.0951. The van der Waals surface area contributed by atoms with Crippen molar-refractivity contribution in [2.45, 2.75) is 12.8 Å². The van der Waals surface area contributed by atoms with Gasteiger partial charge in [0, 0.05) is 25.8 Å². The number of unbranched alkanes of at least 4 members (excludes halogenated alkanes) is 1. The summed E-state index contributed by atoms with van der Waals surface area (Å²) in [7, 11) is 1.67. The second-order valence-corrected chi connectivity index (χ2v) is 4.19. The number of rotatable bonds is 8. The second kappa shape index (κ2) is 8.94. The fourth-order valence-electron chi connectivity index (χ4n) is 1.47. The molecule has 18 heavy (non-hydrogen) atoms. The maximum atomic E-state index is 11.8. The van der Waals surface area contributed by atoms with E-state index >= 15 is 0 Å². The van der Waals surface area contributed by atoms with Crippen LogP contribution < -0.4 is 10.1 Å². The van der Waals surface area contributed by atoms with Gasteiger partial charge in [0.1, 0.15) is 11.3 Å². The van der Waals surface area contributed by atoms with Gasteiger partial charge in [0.2, 0.25) is 0 Å². The molecule has 0 heterocycles. The fourth-order valence-corrected chi connectivity index (χ4v) is 1.73. The molecule has 0 fully saturated rings. The summed E-state index contributed by atoms with van der Waals surface area (Å²) in [6.07, 6.45) is 1.86. The van der Waals surface area contributed by atoms with Crippen LogP contribution in [0, 0.1) is 0 Å². The summed E-state index contributed by atoms with van der Waals surface area (Å²) in [5.41, 5.74) is 1.02. The highest BCUT2D eigenvalue weighted by Gasteiger charge is 2.05. The van der Waals surface area contributed by atoms with Crippen molar-refractivity contribution in [3.63, 3.8) is 0 Å². The first-order valence-corrected chi connectivity index (χ1v) is 6.96. The average molecular weight is 316 g/mol. The van der Waals surface area contributed by atoms with Crippen LogP contribution in [0.15, 0.2) is 24.3 Å². The quantitative estimate of drug-likeness (QED) is 0.592. The van der Waals surface area contributed by atoms with Crippen molar-refractivity contribution in [1.29, 1.82) is 0 Å². The SMILES string of the molecule is COCCCCNC(=O)c1cccc(OCBr)c1. The fraction of sp³-hybridized carbons (Fsp3) is 0.462. The molecule has 0 aliphatic carbocycles. The van der Waals surface area contributed by atoms with Crippen LogP contribution in [0.1, 0.15) is 23.2 Å². The number of hydrogen-bond acceptors (Lipinski definition) is 3. The third kappa shape index (κ3) is 5.51. The van der Waals surface area contributed by atoms with E-state index < -0.39 is 0 Å². The van der Waals surface area contributed by atoms with Gasteiger partial charge in [-0.15, -0.1) is 0 Å². The van der Waals surface area contributed by atoms with Crippen molar-refractivity contribution >= 4 is 21.8 Å². The summed E-state index contributed by atoms with van der Waals surface area (Å²) in [5, 5.41) is 2.87. The largest absolute Gasteiger partial charge is 0.482 e. The van der Waals surface area contributed by atoms with E-state index in [9.17, 15) is 4.79 Å². The molecule has 5 heteroatoms. The van der Waals surface area contributed by atoms with Crippen LogP contribution in [0.25, 0.3) is 0 Å². The Morgan fingerprint density at radius 3 is 2.94 bits per heavy atom. The zero-order valence-electron chi connectivity index (χ0n) is 10.4. The van der Waals surface area contributed by atoms with Crippen LogP contribution in [-0.4, -0.2) is 31.7 Å². The summed E-state index contributed by atoms with van der Waals surface area (Å²) < 4.78 is 10.2. The summed E-state index contributed by atoms with van der Waals surface area (Å²) in [4.78, 5) is 11.8.